The lowest BCUT2D eigenvalue weighted by Gasteiger charge is -2.04. The van der Waals surface area contributed by atoms with Crippen LogP contribution in [0.2, 0.25) is 0 Å². The van der Waals surface area contributed by atoms with Crippen LogP contribution in [0, 0.1) is 13.8 Å². The van der Waals surface area contributed by atoms with Crippen LogP contribution in [-0.2, 0) is 0 Å². The summed E-state index contributed by atoms with van der Waals surface area (Å²) >= 11 is 0. The molecule has 7 nitrogen and oxygen atoms in total. The average molecular weight is 348 g/mol. The minimum atomic E-state index is -0.497. The number of aromatic nitrogens is 2. The number of benzene rings is 2. The van der Waals surface area contributed by atoms with Gasteiger partial charge in [-0.05, 0) is 24.3 Å². The standard InChI is InChI=1S/C19H12N2O5/c1-9-20-15-7-11(3-5-13(15)18(23)25-9)17(22)12-4-6-14-16(8-12)21-10(2)26-19(14)24/h3-8H,1-2H3. The van der Waals surface area contributed by atoms with Crippen molar-refractivity contribution in [2.24, 2.45) is 0 Å². The molecule has 4 aromatic rings. The van der Waals surface area contributed by atoms with Gasteiger partial charge in [-0.3, -0.25) is 4.79 Å². The Labute approximate surface area is 145 Å². The molecule has 7 heteroatoms. The Hall–Kier alpha value is -3.61. The summed E-state index contributed by atoms with van der Waals surface area (Å²) in [5.41, 5.74) is 0.523. The summed E-state index contributed by atoms with van der Waals surface area (Å²) in [6, 6.07) is 9.20. The molecule has 0 aliphatic heterocycles. The summed E-state index contributed by atoms with van der Waals surface area (Å²) in [5.74, 6) is 0.183. The third kappa shape index (κ3) is 2.59. The zero-order valence-electron chi connectivity index (χ0n) is 13.9. The van der Waals surface area contributed by atoms with E-state index in [4.69, 9.17) is 8.83 Å². The van der Waals surface area contributed by atoms with E-state index in [1.54, 1.807) is 38.1 Å². The fourth-order valence-corrected chi connectivity index (χ4v) is 2.81. The van der Waals surface area contributed by atoms with E-state index in [0.717, 1.165) is 0 Å². The number of hydrogen-bond donors (Lipinski definition) is 0. The molecule has 2 aromatic heterocycles. The highest BCUT2D eigenvalue weighted by atomic mass is 16.4. The topological polar surface area (TPSA) is 103 Å². The second kappa shape index (κ2) is 5.73. The van der Waals surface area contributed by atoms with E-state index in [1.165, 1.54) is 12.1 Å². The highest BCUT2D eigenvalue weighted by Crippen LogP contribution is 2.18. The van der Waals surface area contributed by atoms with Crippen molar-refractivity contribution in [3.05, 3.63) is 80.1 Å². The molecule has 4 rings (SSSR count). The molecule has 0 aliphatic carbocycles. The average Bonchev–Trinajstić information content (AvgIpc) is 2.59. The minimum Gasteiger partial charge on any atom is -0.408 e. The Morgan fingerprint density at radius 2 is 1.19 bits per heavy atom. The van der Waals surface area contributed by atoms with Gasteiger partial charge >= 0.3 is 11.3 Å². The first-order valence-electron chi connectivity index (χ1n) is 7.80. The lowest BCUT2D eigenvalue weighted by Crippen LogP contribution is -2.07. The molecule has 0 spiro atoms. The number of hydrogen-bond acceptors (Lipinski definition) is 7. The molecule has 0 saturated heterocycles. The fraction of sp³-hybridized carbons (Fsp3) is 0.105. The van der Waals surface area contributed by atoms with Crippen molar-refractivity contribution in [1.82, 2.24) is 9.97 Å². The normalized spacial score (nSPS) is 11.2. The van der Waals surface area contributed by atoms with Gasteiger partial charge in [-0.2, -0.15) is 0 Å². The number of carbonyl (C=O) groups excluding carboxylic acids is 1. The second-order valence-corrected chi connectivity index (χ2v) is 5.83. The van der Waals surface area contributed by atoms with E-state index < -0.39 is 11.3 Å². The van der Waals surface area contributed by atoms with Gasteiger partial charge in [-0.25, -0.2) is 19.6 Å². The first-order valence-corrected chi connectivity index (χ1v) is 7.80. The van der Waals surface area contributed by atoms with Crippen molar-refractivity contribution < 1.29 is 13.6 Å². The third-order valence-corrected chi connectivity index (χ3v) is 4.00. The predicted molar refractivity (Wildman–Crippen MR) is 93.5 cm³/mol. The lowest BCUT2D eigenvalue weighted by atomic mass is 10.0. The SMILES string of the molecule is Cc1nc2cc(C(=O)c3ccc4c(=O)oc(C)nc4c3)ccc2c(=O)o1. The van der Waals surface area contributed by atoms with Crippen molar-refractivity contribution in [2.75, 3.05) is 0 Å². The van der Waals surface area contributed by atoms with Gasteiger partial charge in [0.25, 0.3) is 0 Å². The summed E-state index contributed by atoms with van der Waals surface area (Å²) in [7, 11) is 0. The molecule has 0 N–H and O–H groups in total. The zero-order chi connectivity index (χ0) is 18.4. The van der Waals surface area contributed by atoms with E-state index in [1.807, 2.05) is 0 Å². The second-order valence-electron chi connectivity index (χ2n) is 5.83. The molecule has 0 amide bonds. The molecule has 0 fully saturated rings. The molecule has 0 bridgehead atoms. The van der Waals surface area contributed by atoms with E-state index >= 15 is 0 Å². The number of ketones is 1. The molecule has 0 saturated carbocycles. The Morgan fingerprint density at radius 3 is 1.62 bits per heavy atom. The molecule has 0 atom stereocenters. The molecule has 2 heterocycles. The maximum Gasteiger partial charge on any atom is 0.346 e. The van der Waals surface area contributed by atoms with E-state index in [0.29, 0.717) is 32.9 Å². The summed E-state index contributed by atoms with van der Waals surface area (Å²) < 4.78 is 9.90. The molecule has 0 unspecified atom stereocenters. The molecule has 128 valence electrons. The summed E-state index contributed by atoms with van der Waals surface area (Å²) in [6.45, 7) is 3.14. The molecule has 2 aromatic carbocycles. The van der Waals surface area contributed by atoms with Crippen molar-refractivity contribution in [1.29, 1.82) is 0 Å². The Bertz CT molecular complexity index is 1220. The molecule has 26 heavy (non-hydrogen) atoms. The van der Waals surface area contributed by atoms with Crippen LogP contribution in [0.4, 0.5) is 0 Å². The number of rotatable bonds is 2. The molecule has 0 radical (unpaired) electrons. The van der Waals surface area contributed by atoms with Crippen molar-refractivity contribution in [2.45, 2.75) is 13.8 Å². The predicted octanol–water partition coefficient (Wildman–Crippen LogP) is 2.54. The van der Waals surface area contributed by atoms with E-state index in [9.17, 15) is 14.4 Å². The van der Waals surface area contributed by atoms with Crippen molar-refractivity contribution >= 4 is 27.6 Å². The quantitative estimate of drug-likeness (QED) is 0.513. The van der Waals surface area contributed by atoms with Gasteiger partial charge in [0.2, 0.25) is 0 Å². The Kier molecular flexibility index (Phi) is 3.50. The van der Waals surface area contributed by atoms with Crippen molar-refractivity contribution in [3.63, 3.8) is 0 Å². The van der Waals surface area contributed by atoms with Gasteiger partial charge in [0.05, 0.1) is 21.8 Å². The zero-order valence-corrected chi connectivity index (χ0v) is 13.9. The van der Waals surface area contributed by atoms with Gasteiger partial charge in [0.15, 0.2) is 17.6 Å². The molecule has 0 aliphatic rings. The molecular formula is C19H12N2O5. The van der Waals surface area contributed by atoms with Crippen LogP contribution in [0.15, 0.2) is 54.8 Å². The van der Waals surface area contributed by atoms with Gasteiger partial charge in [0.1, 0.15) is 0 Å². The summed E-state index contributed by atoms with van der Waals surface area (Å²) in [6.07, 6.45) is 0. The third-order valence-electron chi connectivity index (χ3n) is 4.00. The highest BCUT2D eigenvalue weighted by molar-refractivity contribution is 6.11. The van der Waals surface area contributed by atoms with Crippen LogP contribution in [0.25, 0.3) is 21.8 Å². The van der Waals surface area contributed by atoms with Crippen LogP contribution in [0.3, 0.4) is 0 Å². The van der Waals surface area contributed by atoms with Gasteiger partial charge in [-0.15, -0.1) is 0 Å². The lowest BCUT2D eigenvalue weighted by molar-refractivity contribution is 0.103. The largest absolute Gasteiger partial charge is 0.408 e. The number of nitrogens with zero attached hydrogens (tertiary/aromatic N) is 2. The van der Waals surface area contributed by atoms with E-state index in [-0.39, 0.29) is 17.6 Å². The summed E-state index contributed by atoms with van der Waals surface area (Å²) in [4.78, 5) is 44.8. The summed E-state index contributed by atoms with van der Waals surface area (Å²) in [5, 5.41) is 0.612. The minimum absolute atomic E-state index is 0.226. The van der Waals surface area contributed by atoms with Gasteiger partial charge in [0, 0.05) is 25.0 Å². The van der Waals surface area contributed by atoms with Gasteiger partial charge < -0.3 is 8.83 Å². The first-order chi connectivity index (χ1) is 12.4. The van der Waals surface area contributed by atoms with Gasteiger partial charge in [-0.1, -0.05) is 12.1 Å². The fourth-order valence-electron chi connectivity index (χ4n) is 2.81. The van der Waals surface area contributed by atoms with Crippen molar-refractivity contribution in [3.8, 4) is 0 Å². The smallest absolute Gasteiger partial charge is 0.346 e. The Balaban J connectivity index is 1.85. The maximum absolute atomic E-state index is 12.8. The maximum atomic E-state index is 12.8. The van der Waals surface area contributed by atoms with Crippen LogP contribution in [-0.4, -0.2) is 15.8 Å². The first kappa shape index (κ1) is 15.9. The number of carbonyl (C=O) groups is 1. The Morgan fingerprint density at radius 1 is 0.769 bits per heavy atom. The van der Waals surface area contributed by atoms with Crippen LogP contribution in [0.1, 0.15) is 27.7 Å². The monoisotopic (exact) mass is 348 g/mol. The molecular weight excluding hydrogens is 336 g/mol. The number of fused-ring (bicyclic) bond motifs is 2. The highest BCUT2D eigenvalue weighted by Gasteiger charge is 2.14. The van der Waals surface area contributed by atoms with Crippen LogP contribution in [0.5, 0.6) is 0 Å². The van der Waals surface area contributed by atoms with E-state index in [2.05, 4.69) is 9.97 Å². The van der Waals surface area contributed by atoms with Crippen LogP contribution < -0.4 is 11.3 Å². The van der Waals surface area contributed by atoms with Crippen LogP contribution >= 0.6 is 0 Å². The number of aryl methyl sites for hydroxylation is 2.